The Hall–Kier alpha value is -0.220. The number of ether oxygens (including phenoxy) is 1. The SMILES string of the molecule is COC(C)C(C)NCc1cc(Cl)c(Cl)n1C. The summed E-state index contributed by atoms with van der Waals surface area (Å²) in [6.07, 6.45) is 0.172. The predicted molar refractivity (Wildman–Crippen MR) is 68.2 cm³/mol. The summed E-state index contributed by atoms with van der Waals surface area (Å²) in [5, 5.41) is 4.53. The van der Waals surface area contributed by atoms with Gasteiger partial charge in [-0.25, -0.2) is 0 Å². The molecule has 0 aliphatic carbocycles. The van der Waals surface area contributed by atoms with Gasteiger partial charge in [0.15, 0.2) is 0 Å². The molecule has 1 heterocycles. The molecule has 0 bridgehead atoms. The molecule has 0 aliphatic rings. The van der Waals surface area contributed by atoms with Crippen LogP contribution < -0.4 is 5.32 Å². The summed E-state index contributed by atoms with van der Waals surface area (Å²) in [4.78, 5) is 0. The molecule has 0 aromatic carbocycles. The third kappa shape index (κ3) is 3.14. The lowest BCUT2D eigenvalue weighted by molar-refractivity contribution is 0.0880. The van der Waals surface area contributed by atoms with E-state index in [1.165, 1.54) is 0 Å². The van der Waals surface area contributed by atoms with Crippen LogP contribution in [0.3, 0.4) is 0 Å². The van der Waals surface area contributed by atoms with Crippen molar-refractivity contribution in [2.24, 2.45) is 7.05 Å². The quantitative estimate of drug-likeness (QED) is 0.886. The fourth-order valence-electron chi connectivity index (χ4n) is 1.39. The third-order valence-electron chi connectivity index (χ3n) is 2.90. The van der Waals surface area contributed by atoms with E-state index in [0.717, 1.165) is 12.2 Å². The van der Waals surface area contributed by atoms with E-state index < -0.39 is 0 Å². The van der Waals surface area contributed by atoms with E-state index in [0.29, 0.717) is 10.2 Å². The number of aromatic nitrogens is 1. The van der Waals surface area contributed by atoms with Gasteiger partial charge in [-0.3, -0.25) is 0 Å². The molecule has 1 rings (SSSR count). The minimum Gasteiger partial charge on any atom is -0.380 e. The Morgan fingerprint density at radius 1 is 1.44 bits per heavy atom. The molecule has 2 atom stereocenters. The van der Waals surface area contributed by atoms with Crippen molar-refractivity contribution in [3.63, 3.8) is 0 Å². The third-order valence-corrected chi connectivity index (χ3v) is 3.74. The Bertz CT molecular complexity index is 352. The summed E-state index contributed by atoms with van der Waals surface area (Å²) in [5.74, 6) is 0. The van der Waals surface area contributed by atoms with Crippen molar-refractivity contribution in [1.29, 1.82) is 0 Å². The smallest absolute Gasteiger partial charge is 0.127 e. The maximum Gasteiger partial charge on any atom is 0.127 e. The largest absolute Gasteiger partial charge is 0.380 e. The highest BCUT2D eigenvalue weighted by Crippen LogP contribution is 2.25. The zero-order valence-corrected chi connectivity index (χ0v) is 11.6. The molecule has 0 aliphatic heterocycles. The number of hydrogen-bond acceptors (Lipinski definition) is 2. The van der Waals surface area contributed by atoms with Gasteiger partial charge in [0.05, 0.1) is 11.1 Å². The van der Waals surface area contributed by atoms with E-state index in [-0.39, 0.29) is 12.1 Å². The number of halogens is 2. The minimum atomic E-state index is 0.172. The highest BCUT2D eigenvalue weighted by Gasteiger charge is 2.13. The van der Waals surface area contributed by atoms with Gasteiger partial charge in [0, 0.05) is 32.4 Å². The van der Waals surface area contributed by atoms with Gasteiger partial charge in [-0.2, -0.15) is 0 Å². The molecule has 16 heavy (non-hydrogen) atoms. The highest BCUT2D eigenvalue weighted by atomic mass is 35.5. The van der Waals surface area contributed by atoms with Crippen LogP contribution in [-0.2, 0) is 18.3 Å². The topological polar surface area (TPSA) is 26.2 Å². The number of nitrogens with one attached hydrogen (secondary N) is 1. The summed E-state index contributed by atoms with van der Waals surface area (Å²) in [6.45, 7) is 4.83. The van der Waals surface area contributed by atoms with Crippen LogP contribution in [0.15, 0.2) is 6.07 Å². The lowest BCUT2D eigenvalue weighted by Gasteiger charge is -2.20. The second kappa shape index (κ2) is 5.92. The second-order valence-corrected chi connectivity index (χ2v) is 4.71. The zero-order chi connectivity index (χ0) is 12.3. The molecule has 0 fully saturated rings. The van der Waals surface area contributed by atoms with Crippen LogP contribution in [0, 0.1) is 0 Å². The van der Waals surface area contributed by atoms with Crippen LogP contribution in [0.4, 0.5) is 0 Å². The van der Waals surface area contributed by atoms with E-state index >= 15 is 0 Å². The molecule has 0 saturated heterocycles. The van der Waals surface area contributed by atoms with Crippen molar-refractivity contribution in [3.8, 4) is 0 Å². The molecular formula is C11H18Cl2N2O. The maximum atomic E-state index is 5.98. The Morgan fingerprint density at radius 3 is 2.50 bits per heavy atom. The number of hydrogen-bond donors (Lipinski definition) is 1. The Labute approximate surface area is 107 Å². The Morgan fingerprint density at radius 2 is 2.06 bits per heavy atom. The average Bonchev–Trinajstić information content (AvgIpc) is 2.52. The van der Waals surface area contributed by atoms with E-state index in [1.54, 1.807) is 7.11 Å². The van der Waals surface area contributed by atoms with Crippen LogP contribution in [-0.4, -0.2) is 23.8 Å². The van der Waals surface area contributed by atoms with Gasteiger partial charge in [0.1, 0.15) is 5.15 Å². The summed E-state index contributed by atoms with van der Waals surface area (Å²) in [6, 6.07) is 2.15. The van der Waals surface area contributed by atoms with Crippen molar-refractivity contribution in [1.82, 2.24) is 9.88 Å². The van der Waals surface area contributed by atoms with Gasteiger partial charge in [-0.05, 0) is 19.9 Å². The van der Waals surface area contributed by atoms with Gasteiger partial charge in [0.25, 0.3) is 0 Å². The summed E-state index contributed by atoms with van der Waals surface area (Å²) in [7, 11) is 3.61. The van der Waals surface area contributed by atoms with Crippen LogP contribution in [0.25, 0.3) is 0 Å². The normalized spacial score (nSPS) is 15.1. The van der Waals surface area contributed by atoms with E-state index in [4.69, 9.17) is 27.9 Å². The van der Waals surface area contributed by atoms with E-state index in [9.17, 15) is 0 Å². The molecule has 1 aromatic rings. The van der Waals surface area contributed by atoms with Gasteiger partial charge in [-0.15, -0.1) is 0 Å². The van der Waals surface area contributed by atoms with Crippen molar-refractivity contribution in [2.75, 3.05) is 7.11 Å². The fourth-order valence-corrected chi connectivity index (χ4v) is 1.81. The molecule has 0 spiro atoms. The molecular weight excluding hydrogens is 247 g/mol. The molecule has 2 unspecified atom stereocenters. The Balaban J connectivity index is 2.58. The molecule has 5 heteroatoms. The number of nitrogens with zero attached hydrogens (tertiary/aromatic N) is 1. The average molecular weight is 265 g/mol. The summed E-state index contributed by atoms with van der Waals surface area (Å²) < 4.78 is 7.11. The monoisotopic (exact) mass is 264 g/mol. The van der Waals surface area contributed by atoms with Gasteiger partial charge in [-0.1, -0.05) is 23.2 Å². The first kappa shape index (κ1) is 13.8. The van der Waals surface area contributed by atoms with Crippen molar-refractivity contribution in [2.45, 2.75) is 32.5 Å². The molecule has 0 radical (unpaired) electrons. The van der Waals surface area contributed by atoms with Crippen molar-refractivity contribution in [3.05, 3.63) is 21.9 Å². The first-order valence-corrected chi connectivity index (χ1v) is 5.98. The molecule has 0 amide bonds. The molecule has 92 valence electrons. The second-order valence-electron chi connectivity index (χ2n) is 3.94. The molecule has 1 N–H and O–H groups in total. The lowest BCUT2D eigenvalue weighted by Crippen LogP contribution is -2.36. The van der Waals surface area contributed by atoms with Crippen molar-refractivity contribution >= 4 is 23.2 Å². The van der Waals surface area contributed by atoms with Gasteiger partial charge >= 0.3 is 0 Å². The minimum absolute atomic E-state index is 0.172. The molecule has 1 aromatic heterocycles. The van der Waals surface area contributed by atoms with Crippen LogP contribution >= 0.6 is 23.2 Å². The first-order valence-electron chi connectivity index (χ1n) is 5.23. The first-order chi connectivity index (χ1) is 7.47. The highest BCUT2D eigenvalue weighted by molar-refractivity contribution is 6.41. The van der Waals surface area contributed by atoms with Gasteiger partial charge in [0.2, 0.25) is 0 Å². The predicted octanol–water partition coefficient (Wildman–Crippen LogP) is 2.84. The zero-order valence-electron chi connectivity index (χ0n) is 10.1. The van der Waals surface area contributed by atoms with Gasteiger partial charge < -0.3 is 14.6 Å². The summed E-state index contributed by atoms with van der Waals surface area (Å²) in [5.41, 5.74) is 1.06. The summed E-state index contributed by atoms with van der Waals surface area (Å²) >= 11 is 11.9. The molecule has 0 saturated carbocycles. The lowest BCUT2D eigenvalue weighted by atomic mass is 10.2. The Kier molecular flexibility index (Phi) is 5.12. The standard InChI is InChI=1S/C11H18Cl2N2O/c1-7(8(2)16-4)14-6-9-5-10(12)11(13)15(9)3/h5,7-8,14H,6H2,1-4H3. The van der Waals surface area contributed by atoms with Crippen LogP contribution in [0.1, 0.15) is 19.5 Å². The number of methoxy groups -OCH3 is 1. The van der Waals surface area contributed by atoms with Crippen molar-refractivity contribution < 1.29 is 4.74 Å². The van der Waals surface area contributed by atoms with Crippen LogP contribution in [0.5, 0.6) is 0 Å². The fraction of sp³-hybridized carbons (Fsp3) is 0.636. The maximum absolute atomic E-state index is 5.98. The van der Waals surface area contributed by atoms with E-state index in [1.807, 2.05) is 24.6 Å². The van der Waals surface area contributed by atoms with Crippen LogP contribution in [0.2, 0.25) is 10.2 Å². The number of rotatable bonds is 5. The van der Waals surface area contributed by atoms with E-state index in [2.05, 4.69) is 12.2 Å². The molecule has 3 nitrogen and oxygen atoms in total.